The molecule has 2 N–H and O–H groups in total. The van der Waals surface area contributed by atoms with Crippen LogP contribution in [-0.4, -0.2) is 4.98 Å². The van der Waals surface area contributed by atoms with Gasteiger partial charge in [-0.3, -0.25) is 0 Å². The van der Waals surface area contributed by atoms with E-state index in [1.54, 1.807) is 11.3 Å². The molecule has 0 bridgehead atoms. The summed E-state index contributed by atoms with van der Waals surface area (Å²) in [4.78, 5) is 4.46. The van der Waals surface area contributed by atoms with Crippen LogP contribution in [0.5, 0.6) is 0 Å². The molecule has 2 nitrogen and oxygen atoms in total. The van der Waals surface area contributed by atoms with Crippen LogP contribution in [0.3, 0.4) is 0 Å². The standard InChI is InChI=1S/C8H12N2S/c1-2-7-10-6(5-11-7)8(9)3-4-8/h5H,2-4,9H2,1H3. The van der Waals surface area contributed by atoms with Crippen molar-refractivity contribution in [3.8, 4) is 0 Å². The van der Waals surface area contributed by atoms with Crippen molar-refractivity contribution >= 4 is 11.3 Å². The zero-order valence-corrected chi connectivity index (χ0v) is 7.45. The molecule has 1 aliphatic carbocycles. The van der Waals surface area contributed by atoms with Crippen LogP contribution in [0.4, 0.5) is 0 Å². The molecule has 60 valence electrons. The Morgan fingerprint density at radius 2 is 2.45 bits per heavy atom. The van der Waals surface area contributed by atoms with Crippen LogP contribution >= 0.6 is 11.3 Å². The van der Waals surface area contributed by atoms with Gasteiger partial charge in [0.05, 0.1) is 16.2 Å². The van der Waals surface area contributed by atoms with E-state index in [1.165, 1.54) is 5.01 Å². The lowest BCUT2D eigenvalue weighted by molar-refractivity contribution is 0.710. The van der Waals surface area contributed by atoms with Crippen molar-refractivity contribution in [1.82, 2.24) is 4.98 Å². The quantitative estimate of drug-likeness (QED) is 0.729. The Kier molecular flexibility index (Phi) is 1.51. The lowest BCUT2D eigenvalue weighted by Gasteiger charge is -2.01. The molecule has 0 radical (unpaired) electrons. The Bertz CT molecular complexity index is 263. The second-order valence-electron chi connectivity index (χ2n) is 3.14. The van der Waals surface area contributed by atoms with Gasteiger partial charge in [0.15, 0.2) is 0 Å². The number of nitrogens with two attached hydrogens (primary N) is 1. The van der Waals surface area contributed by atoms with Crippen LogP contribution in [0.2, 0.25) is 0 Å². The number of aromatic nitrogens is 1. The van der Waals surface area contributed by atoms with Crippen LogP contribution in [0.1, 0.15) is 30.5 Å². The fraction of sp³-hybridized carbons (Fsp3) is 0.625. The van der Waals surface area contributed by atoms with Crippen molar-refractivity contribution in [3.05, 3.63) is 16.1 Å². The van der Waals surface area contributed by atoms with Gasteiger partial charge in [-0.05, 0) is 19.3 Å². The van der Waals surface area contributed by atoms with E-state index in [1.807, 2.05) is 0 Å². The van der Waals surface area contributed by atoms with Crippen molar-refractivity contribution in [2.75, 3.05) is 0 Å². The number of hydrogen-bond donors (Lipinski definition) is 1. The van der Waals surface area contributed by atoms with Gasteiger partial charge < -0.3 is 5.73 Å². The summed E-state index contributed by atoms with van der Waals surface area (Å²) >= 11 is 1.73. The van der Waals surface area contributed by atoms with E-state index in [9.17, 15) is 0 Å². The predicted octanol–water partition coefficient (Wildman–Crippen LogP) is 1.65. The largest absolute Gasteiger partial charge is 0.320 e. The average molecular weight is 168 g/mol. The number of hydrogen-bond acceptors (Lipinski definition) is 3. The Labute approximate surface area is 70.5 Å². The highest BCUT2D eigenvalue weighted by atomic mass is 32.1. The number of thiazole rings is 1. The number of rotatable bonds is 2. The van der Waals surface area contributed by atoms with Gasteiger partial charge in [0.25, 0.3) is 0 Å². The van der Waals surface area contributed by atoms with E-state index >= 15 is 0 Å². The van der Waals surface area contributed by atoms with Gasteiger partial charge in [0.1, 0.15) is 0 Å². The highest BCUT2D eigenvalue weighted by Gasteiger charge is 2.41. The molecule has 0 unspecified atom stereocenters. The van der Waals surface area contributed by atoms with Crippen molar-refractivity contribution in [3.63, 3.8) is 0 Å². The Morgan fingerprint density at radius 1 is 1.73 bits per heavy atom. The second kappa shape index (κ2) is 2.29. The van der Waals surface area contributed by atoms with E-state index in [0.29, 0.717) is 0 Å². The molecule has 11 heavy (non-hydrogen) atoms. The first-order chi connectivity index (χ1) is 5.24. The average Bonchev–Trinajstić information content (AvgIpc) is 2.61. The molecule has 1 aromatic heterocycles. The maximum absolute atomic E-state index is 5.98. The molecule has 0 aliphatic heterocycles. The fourth-order valence-corrected chi connectivity index (χ4v) is 1.95. The third kappa shape index (κ3) is 1.19. The molecule has 2 rings (SSSR count). The summed E-state index contributed by atoms with van der Waals surface area (Å²) in [5.41, 5.74) is 7.05. The van der Waals surface area contributed by atoms with E-state index in [0.717, 1.165) is 25.0 Å². The Hall–Kier alpha value is -0.410. The summed E-state index contributed by atoms with van der Waals surface area (Å²) < 4.78 is 0. The summed E-state index contributed by atoms with van der Waals surface area (Å²) in [7, 11) is 0. The second-order valence-corrected chi connectivity index (χ2v) is 4.08. The minimum absolute atomic E-state index is 0.0378. The van der Waals surface area contributed by atoms with Gasteiger partial charge in [0, 0.05) is 5.38 Å². The lowest BCUT2D eigenvalue weighted by atomic mass is 10.2. The highest BCUT2D eigenvalue weighted by molar-refractivity contribution is 7.09. The van der Waals surface area contributed by atoms with Crippen molar-refractivity contribution < 1.29 is 0 Å². The SMILES string of the molecule is CCc1nc(C2(N)CC2)cs1. The van der Waals surface area contributed by atoms with Crippen molar-refractivity contribution in [2.45, 2.75) is 31.7 Å². The molecule has 0 aromatic carbocycles. The van der Waals surface area contributed by atoms with E-state index in [2.05, 4.69) is 17.3 Å². The van der Waals surface area contributed by atoms with Crippen molar-refractivity contribution in [1.29, 1.82) is 0 Å². The summed E-state index contributed by atoms with van der Waals surface area (Å²) in [5, 5.41) is 3.31. The van der Waals surface area contributed by atoms with Crippen LogP contribution in [0, 0.1) is 0 Å². The first-order valence-corrected chi connectivity index (χ1v) is 4.86. The molecule has 3 heteroatoms. The smallest absolute Gasteiger partial charge is 0.0926 e. The zero-order chi connectivity index (χ0) is 7.90. The molecular formula is C8H12N2S. The molecule has 0 amide bonds. The van der Waals surface area contributed by atoms with Crippen LogP contribution in [0.25, 0.3) is 0 Å². The van der Waals surface area contributed by atoms with Crippen LogP contribution < -0.4 is 5.73 Å². The number of nitrogens with zero attached hydrogens (tertiary/aromatic N) is 1. The molecule has 1 saturated carbocycles. The van der Waals surface area contributed by atoms with E-state index < -0.39 is 0 Å². The lowest BCUT2D eigenvalue weighted by Crippen LogP contribution is -2.18. The molecule has 0 atom stereocenters. The van der Waals surface area contributed by atoms with Crippen LogP contribution in [0.15, 0.2) is 5.38 Å². The monoisotopic (exact) mass is 168 g/mol. The molecular weight excluding hydrogens is 156 g/mol. The first-order valence-electron chi connectivity index (χ1n) is 3.98. The first kappa shape index (κ1) is 7.25. The Balaban J connectivity index is 2.25. The molecule has 1 aromatic rings. The third-order valence-corrected chi connectivity index (χ3v) is 3.15. The predicted molar refractivity (Wildman–Crippen MR) is 46.6 cm³/mol. The summed E-state index contributed by atoms with van der Waals surface area (Å²) in [5.74, 6) is 0. The maximum atomic E-state index is 5.98. The summed E-state index contributed by atoms with van der Waals surface area (Å²) in [6.07, 6.45) is 3.25. The summed E-state index contributed by atoms with van der Waals surface area (Å²) in [6.45, 7) is 2.12. The third-order valence-electron chi connectivity index (χ3n) is 2.15. The minimum Gasteiger partial charge on any atom is -0.320 e. The van der Waals surface area contributed by atoms with E-state index in [-0.39, 0.29) is 5.54 Å². The molecule has 1 aliphatic rings. The Morgan fingerprint density at radius 3 is 2.91 bits per heavy atom. The summed E-state index contributed by atoms with van der Waals surface area (Å²) in [6, 6.07) is 0. The molecule has 0 spiro atoms. The van der Waals surface area contributed by atoms with Gasteiger partial charge in [0.2, 0.25) is 0 Å². The zero-order valence-electron chi connectivity index (χ0n) is 6.63. The minimum atomic E-state index is -0.0378. The topological polar surface area (TPSA) is 38.9 Å². The van der Waals surface area contributed by atoms with E-state index in [4.69, 9.17) is 5.73 Å². The molecule has 1 heterocycles. The van der Waals surface area contributed by atoms with Gasteiger partial charge in [-0.2, -0.15) is 0 Å². The van der Waals surface area contributed by atoms with Crippen molar-refractivity contribution in [2.24, 2.45) is 5.73 Å². The fourth-order valence-electron chi connectivity index (χ4n) is 1.09. The van der Waals surface area contributed by atoms with Gasteiger partial charge in [-0.15, -0.1) is 11.3 Å². The van der Waals surface area contributed by atoms with Gasteiger partial charge >= 0.3 is 0 Å². The number of aryl methyl sites for hydroxylation is 1. The van der Waals surface area contributed by atoms with Gasteiger partial charge in [-0.1, -0.05) is 6.92 Å². The molecule has 1 fully saturated rings. The molecule has 0 saturated heterocycles. The van der Waals surface area contributed by atoms with Gasteiger partial charge in [-0.25, -0.2) is 4.98 Å². The maximum Gasteiger partial charge on any atom is 0.0926 e. The van der Waals surface area contributed by atoms with Crippen LogP contribution in [-0.2, 0) is 12.0 Å². The highest BCUT2D eigenvalue weighted by Crippen LogP contribution is 2.42. The normalized spacial score (nSPS) is 20.2.